The maximum Gasteiger partial charge on any atom is 0.238 e. The van der Waals surface area contributed by atoms with Crippen LogP contribution in [0.2, 0.25) is 0 Å². The lowest BCUT2D eigenvalue weighted by Gasteiger charge is -2.19. The highest BCUT2D eigenvalue weighted by molar-refractivity contribution is 5.92. The van der Waals surface area contributed by atoms with E-state index in [1.54, 1.807) is 25.3 Å². The number of nitrogens with one attached hydrogen (secondary N) is 1. The van der Waals surface area contributed by atoms with Crippen molar-refractivity contribution in [1.82, 2.24) is 4.90 Å². The van der Waals surface area contributed by atoms with Crippen molar-refractivity contribution in [3.05, 3.63) is 18.2 Å². The van der Waals surface area contributed by atoms with Crippen molar-refractivity contribution >= 4 is 17.3 Å². The molecule has 0 radical (unpaired) electrons. The van der Waals surface area contributed by atoms with Gasteiger partial charge in [-0.05, 0) is 37.7 Å². The van der Waals surface area contributed by atoms with E-state index < -0.39 is 0 Å². The number of carbonyl (C=O) groups is 1. The summed E-state index contributed by atoms with van der Waals surface area (Å²) >= 11 is 0. The Balaban J connectivity index is 2.54. The van der Waals surface area contributed by atoms with E-state index in [0.717, 1.165) is 25.9 Å². The van der Waals surface area contributed by atoms with Crippen LogP contribution >= 0.6 is 0 Å². The fourth-order valence-corrected chi connectivity index (χ4v) is 1.95. The van der Waals surface area contributed by atoms with Crippen molar-refractivity contribution in [2.45, 2.75) is 26.7 Å². The zero-order chi connectivity index (χ0) is 15.0. The molecule has 5 nitrogen and oxygen atoms in total. The lowest BCUT2D eigenvalue weighted by molar-refractivity contribution is -0.117. The number of anilines is 2. The number of benzene rings is 1. The van der Waals surface area contributed by atoms with E-state index in [9.17, 15) is 4.79 Å². The van der Waals surface area contributed by atoms with Crippen LogP contribution in [-0.2, 0) is 4.79 Å². The molecule has 0 saturated heterocycles. The molecule has 0 heterocycles. The van der Waals surface area contributed by atoms with E-state index in [2.05, 4.69) is 24.1 Å². The Bertz CT molecular complexity index is 435. The van der Waals surface area contributed by atoms with Crippen molar-refractivity contribution in [1.29, 1.82) is 0 Å². The van der Waals surface area contributed by atoms with Crippen LogP contribution in [0.3, 0.4) is 0 Å². The van der Waals surface area contributed by atoms with Crippen LogP contribution in [0.15, 0.2) is 18.2 Å². The van der Waals surface area contributed by atoms with Gasteiger partial charge in [-0.2, -0.15) is 0 Å². The Labute approximate surface area is 121 Å². The molecule has 1 rings (SSSR count). The third-order valence-electron chi connectivity index (χ3n) is 3.16. The van der Waals surface area contributed by atoms with Gasteiger partial charge in [0.15, 0.2) is 0 Å². The third kappa shape index (κ3) is 5.09. The van der Waals surface area contributed by atoms with Gasteiger partial charge in [0.2, 0.25) is 5.91 Å². The van der Waals surface area contributed by atoms with Crippen LogP contribution in [0.1, 0.15) is 26.7 Å². The standard InChI is InChI=1S/C15H25N3O2/c1-4-6-9-18(5-2)11-15(19)17-12-7-8-14(20-3)13(16)10-12/h7-8,10H,4-6,9,11,16H2,1-3H3,(H,17,19). The molecule has 0 aliphatic carbocycles. The fraction of sp³-hybridized carbons (Fsp3) is 0.533. The predicted octanol–water partition coefficient (Wildman–Crippen LogP) is 2.34. The molecule has 112 valence electrons. The molecule has 3 N–H and O–H groups in total. The summed E-state index contributed by atoms with van der Waals surface area (Å²) in [7, 11) is 1.57. The minimum atomic E-state index is -0.0208. The summed E-state index contributed by atoms with van der Waals surface area (Å²) in [6, 6.07) is 5.24. The molecule has 0 atom stereocenters. The molecule has 0 bridgehead atoms. The Morgan fingerprint density at radius 1 is 1.40 bits per heavy atom. The molecule has 1 amide bonds. The van der Waals surface area contributed by atoms with Crippen LogP contribution in [0.25, 0.3) is 0 Å². The van der Waals surface area contributed by atoms with Gasteiger partial charge in [0.1, 0.15) is 5.75 Å². The van der Waals surface area contributed by atoms with Crippen LogP contribution in [0.5, 0.6) is 5.75 Å². The molecule has 0 aromatic heterocycles. The quantitative estimate of drug-likeness (QED) is 0.717. The number of carbonyl (C=O) groups excluding carboxylic acids is 1. The number of nitrogen functional groups attached to an aromatic ring is 1. The number of ether oxygens (including phenoxy) is 1. The van der Waals surface area contributed by atoms with Crippen LogP contribution < -0.4 is 15.8 Å². The first kappa shape index (κ1) is 16.3. The van der Waals surface area contributed by atoms with E-state index in [0.29, 0.717) is 23.7 Å². The zero-order valence-electron chi connectivity index (χ0n) is 12.6. The van der Waals surface area contributed by atoms with Crippen LogP contribution in [0.4, 0.5) is 11.4 Å². The molecule has 0 aliphatic heterocycles. The summed E-state index contributed by atoms with van der Waals surface area (Å²) in [5.74, 6) is 0.591. The lowest BCUT2D eigenvalue weighted by Crippen LogP contribution is -2.33. The smallest absolute Gasteiger partial charge is 0.238 e. The molecule has 20 heavy (non-hydrogen) atoms. The van der Waals surface area contributed by atoms with E-state index in [-0.39, 0.29) is 5.91 Å². The predicted molar refractivity (Wildman–Crippen MR) is 83.1 cm³/mol. The Hall–Kier alpha value is -1.75. The number of amides is 1. The molecular weight excluding hydrogens is 254 g/mol. The largest absolute Gasteiger partial charge is 0.495 e. The molecule has 5 heteroatoms. The number of hydrogen-bond donors (Lipinski definition) is 2. The highest BCUT2D eigenvalue weighted by Gasteiger charge is 2.09. The summed E-state index contributed by atoms with van der Waals surface area (Å²) < 4.78 is 5.09. The second-order valence-electron chi connectivity index (χ2n) is 4.73. The van der Waals surface area contributed by atoms with Crippen molar-refractivity contribution < 1.29 is 9.53 Å². The summed E-state index contributed by atoms with van der Waals surface area (Å²) in [6.07, 6.45) is 2.24. The number of methoxy groups -OCH3 is 1. The number of likely N-dealkylation sites (N-methyl/N-ethyl adjacent to an activating group) is 1. The van der Waals surface area contributed by atoms with Crippen molar-refractivity contribution in [2.24, 2.45) is 0 Å². The van der Waals surface area contributed by atoms with Gasteiger partial charge >= 0.3 is 0 Å². The van der Waals surface area contributed by atoms with Crippen LogP contribution in [0, 0.1) is 0 Å². The molecule has 1 aromatic carbocycles. The van der Waals surface area contributed by atoms with Crippen molar-refractivity contribution in [2.75, 3.05) is 37.8 Å². The molecule has 0 fully saturated rings. The lowest BCUT2D eigenvalue weighted by atomic mass is 10.2. The number of hydrogen-bond acceptors (Lipinski definition) is 4. The second-order valence-corrected chi connectivity index (χ2v) is 4.73. The van der Waals surface area contributed by atoms with Gasteiger partial charge in [0.25, 0.3) is 0 Å². The molecule has 0 spiro atoms. The summed E-state index contributed by atoms with van der Waals surface area (Å²) in [6.45, 7) is 6.44. The zero-order valence-corrected chi connectivity index (χ0v) is 12.6. The Kier molecular flexibility index (Phi) is 6.87. The number of nitrogens with two attached hydrogens (primary N) is 1. The van der Waals surface area contributed by atoms with E-state index >= 15 is 0 Å². The number of nitrogens with zero attached hydrogens (tertiary/aromatic N) is 1. The summed E-state index contributed by atoms with van der Waals surface area (Å²) in [5, 5.41) is 2.86. The van der Waals surface area contributed by atoms with Gasteiger partial charge in [-0.1, -0.05) is 20.3 Å². The van der Waals surface area contributed by atoms with Gasteiger partial charge < -0.3 is 15.8 Å². The molecule has 0 unspecified atom stereocenters. The number of rotatable bonds is 8. The summed E-state index contributed by atoms with van der Waals surface area (Å²) in [4.78, 5) is 14.1. The minimum Gasteiger partial charge on any atom is -0.495 e. The monoisotopic (exact) mass is 279 g/mol. The normalized spacial score (nSPS) is 10.6. The van der Waals surface area contributed by atoms with Gasteiger partial charge in [0, 0.05) is 5.69 Å². The van der Waals surface area contributed by atoms with E-state index in [1.165, 1.54) is 0 Å². The van der Waals surface area contributed by atoms with Gasteiger partial charge in [-0.3, -0.25) is 9.69 Å². The van der Waals surface area contributed by atoms with Gasteiger partial charge in [-0.15, -0.1) is 0 Å². The van der Waals surface area contributed by atoms with Crippen molar-refractivity contribution in [3.8, 4) is 5.75 Å². The Morgan fingerprint density at radius 3 is 2.70 bits per heavy atom. The van der Waals surface area contributed by atoms with Gasteiger partial charge in [-0.25, -0.2) is 0 Å². The van der Waals surface area contributed by atoms with Crippen molar-refractivity contribution in [3.63, 3.8) is 0 Å². The Morgan fingerprint density at radius 2 is 2.15 bits per heavy atom. The highest BCUT2D eigenvalue weighted by atomic mass is 16.5. The minimum absolute atomic E-state index is 0.0208. The number of unbranched alkanes of at least 4 members (excludes halogenated alkanes) is 1. The first-order valence-electron chi connectivity index (χ1n) is 7.06. The first-order valence-corrected chi connectivity index (χ1v) is 7.06. The van der Waals surface area contributed by atoms with E-state index in [4.69, 9.17) is 10.5 Å². The molecule has 0 saturated carbocycles. The molecule has 1 aromatic rings. The third-order valence-corrected chi connectivity index (χ3v) is 3.16. The topological polar surface area (TPSA) is 67.6 Å². The van der Waals surface area contributed by atoms with Gasteiger partial charge in [0.05, 0.1) is 19.3 Å². The summed E-state index contributed by atoms with van der Waals surface area (Å²) in [5.41, 5.74) is 7.03. The average Bonchev–Trinajstić information content (AvgIpc) is 2.43. The highest BCUT2D eigenvalue weighted by Crippen LogP contribution is 2.24. The second kappa shape index (κ2) is 8.43. The van der Waals surface area contributed by atoms with Crippen LogP contribution in [-0.4, -0.2) is 37.6 Å². The van der Waals surface area contributed by atoms with E-state index in [1.807, 2.05) is 0 Å². The maximum absolute atomic E-state index is 12.0. The maximum atomic E-state index is 12.0. The first-order chi connectivity index (χ1) is 9.60. The SMILES string of the molecule is CCCCN(CC)CC(=O)Nc1ccc(OC)c(N)c1. The average molecular weight is 279 g/mol. The molecule has 0 aliphatic rings. The molecular formula is C15H25N3O2. The fourth-order valence-electron chi connectivity index (χ4n) is 1.95.